The molecule has 0 spiro atoms. The fourth-order valence-corrected chi connectivity index (χ4v) is 3.55. The molecule has 119 valence electrons. The van der Waals surface area contributed by atoms with Crippen LogP contribution in [0.25, 0.3) is 5.76 Å². The summed E-state index contributed by atoms with van der Waals surface area (Å²) in [7, 11) is 0. The molecule has 4 rings (SSSR count). The summed E-state index contributed by atoms with van der Waals surface area (Å²) in [4.78, 5) is 0. The highest BCUT2D eigenvalue weighted by molar-refractivity contribution is 5.63. The summed E-state index contributed by atoms with van der Waals surface area (Å²) in [6.07, 6.45) is 11.9. The zero-order valence-electron chi connectivity index (χ0n) is 13.9. The van der Waals surface area contributed by atoms with Gasteiger partial charge in [0.15, 0.2) is 0 Å². The van der Waals surface area contributed by atoms with Crippen molar-refractivity contribution >= 4 is 5.76 Å². The summed E-state index contributed by atoms with van der Waals surface area (Å²) in [5, 5.41) is 0. The van der Waals surface area contributed by atoms with Crippen LogP contribution >= 0.6 is 0 Å². The van der Waals surface area contributed by atoms with Crippen molar-refractivity contribution in [2.24, 2.45) is 5.92 Å². The highest BCUT2D eigenvalue weighted by Crippen LogP contribution is 2.47. The first kappa shape index (κ1) is 15.5. The molecule has 0 saturated heterocycles. The Balaban J connectivity index is 1.72. The molecule has 2 aromatic carbocycles. The van der Waals surface area contributed by atoms with Gasteiger partial charge in [0.1, 0.15) is 11.4 Å². The van der Waals surface area contributed by atoms with Crippen LogP contribution in [0.5, 0.6) is 0 Å². The van der Waals surface area contributed by atoms with Gasteiger partial charge in [-0.05, 0) is 62.5 Å². The molecule has 1 nitrogen and oxygen atoms in total. The van der Waals surface area contributed by atoms with Crippen LogP contribution in [0.1, 0.15) is 24.5 Å². The van der Waals surface area contributed by atoms with Gasteiger partial charge in [-0.15, -0.1) is 0 Å². The molecule has 0 bridgehead atoms. The summed E-state index contributed by atoms with van der Waals surface area (Å²) in [6, 6.07) is 20.9. The SMILES string of the molecule is CC1(c2ccccc2)CC([C]2[CH][CH][CH][CH]2)C=C(c2ccccc2)O1. The molecule has 0 N–H and O–H groups in total. The maximum Gasteiger partial charge on any atom is 0.132 e. The van der Waals surface area contributed by atoms with E-state index in [0.29, 0.717) is 5.92 Å². The fraction of sp³-hybridized carbons (Fsp3) is 0.174. The lowest BCUT2D eigenvalue weighted by molar-refractivity contribution is 0.0245. The second kappa shape index (κ2) is 6.47. The summed E-state index contributed by atoms with van der Waals surface area (Å²) in [6.45, 7) is 2.20. The molecular formula is C23H21O. The summed E-state index contributed by atoms with van der Waals surface area (Å²) in [5.41, 5.74) is 2.03. The van der Waals surface area contributed by atoms with Crippen molar-refractivity contribution in [3.63, 3.8) is 0 Å². The average Bonchev–Trinajstić information content (AvgIpc) is 3.18. The maximum absolute atomic E-state index is 6.54. The van der Waals surface area contributed by atoms with E-state index < -0.39 is 0 Å². The topological polar surface area (TPSA) is 9.23 Å². The zero-order chi connectivity index (χ0) is 16.4. The van der Waals surface area contributed by atoms with Crippen LogP contribution in [-0.4, -0.2) is 0 Å². The van der Waals surface area contributed by atoms with Crippen molar-refractivity contribution in [2.75, 3.05) is 0 Å². The Morgan fingerprint density at radius 1 is 0.875 bits per heavy atom. The number of benzene rings is 2. The normalized spacial score (nSPS) is 27.5. The van der Waals surface area contributed by atoms with Gasteiger partial charge in [0, 0.05) is 5.56 Å². The van der Waals surface area contributed by atoms with E-state index in [-0.39, 0.29) is 5.60 Å². The van der Waals surface area contributed by atoms with E-state index in [1.54, 1.807) is 0 Å². The Morgan fingerprint density at radius 2 is 1.50 bits per heavy atom. The van der Waals surface area contributed by atoms with E-state index in [9.17, 15) is 0 Å². The average molecular weight is 313 g/mol. The smallest absolute Gasteiger partial charge is 0.132 e. The van der Waals surface area contributed by atoms with E-state index in [0.717, 1.165) is 17.7 Å². The van der Waals surface area contributed by atoms with Gasteiger partial charge < -0.3 is 4.74 Å². The van der Waals surface area contributed by atoms with E-state index in [2.05, 4.69) is 93.3 Å². The van der Waals surface area contributed by atoms with Crippen molar-refractivity contribution in [2.45, 2.75) is 18.9 Å². The molecule has 1 aliphatic carbocycles. The Bertz CT molecular complexity index is 697. The minimum atomic E-state index is -0.330. The monoisotopic (exact) mass is 313 g/mol. The number of rotatable bonds is 3. The molecule has 5 radical (unpaired) electrons. The van der Waals surface area contributed by atoms with E-state index in [4.69, 9.17) is 4.74 Å². The largest absolute Gasteiger partial charge is 0.483 e. The summed E-state index contributed by atoms with van der Waals surface area (Å²) in [5.74, 6) is 2.68. The van der Waals surface area contributed by atoms with Gasteiger partial charge in [-0.1, -0.05) is 60.7 Å². The van der Waals surface area contributed by atoms with Crippen LogP contribution in [0, 0.1) is 37.5 Å². The van der Waals surface area contributed by atoms with Crippen LogP contribution < -0.4 is 0 Å². The first-order valence-corrected chi connectivity index (χ1v) is 8.48. The zero-order valence-corrected chi connectivity index (χ0v) is 13.9. The minimum absolute atomic E-state index is 0.330. The summed E-state index contributed by atoms with van der Waals surface area (Å²) < 4.78 is 6.54. The van der Waals surface area contributed by atoms with Crippen LogP contribution in [0.2, 0.25) is 0 Å². The Kier molecular flexibility index (Phi) is 4.18. The third kappa shape index (κ3) is 3.00. The first-order chi connectivity index (χ1) is 11.7. The lowest BCUT2D eigenvalue weighted by atomic mass is 9.76. The number of hydrogen-bond donors (Lipinski definition) is 0. The molecule has 1 aliphatic heterocycles. The highest BCUT2D eigenvalue weighted by atomic mass is 16.5. The maximum atomic E-state index is 6.54. The molecule has 2 aromatic rings. The quantitative estimate of drug-likeness (QED) is 0.738. The summed E-state index contributed by atoms with van der Waals surface area (Å²) >= 11 is 0. The molecule has 1 fully saturated rings. The van der Waals surface area contributed by atoms with Gasteiger partial charge >= 0.3 is 0 Å². The van der Waals surface area contributed by atoms with Gasteiger partial charge in [0.05, 0.1) is 0 Å². The third-order valence-electron chi connectivity index (χ3n) is 4.86. The van der Waals surface area contributed by atoms with Crippen molar-refractivity contribution in [3.05, 3.63) is 109 Å². The van der Waals surface area contributed by atoms with E-state index in [1.807, 2.05) is 6.07 Å². The van der Waals surface area contributed by atoms with Crippen LogP contribution in [0.15, 0.2) is 66.7 Å². The molecule has 0 amide bonds. The highest BCUT2D eigenvalue weighted by Gasteiger charge is 2.40. The van der Waals surface area contributed by atoms with Crippen molar-refractivity contribution in [1.82, 2.24) is 0 Å². The number of ether oxygens (including phenoxy) is 1. The van der Waals surface area contributed by atoms with Gasteiger partial charge in [0.25, 0.3) is 0 Å². The van der Waals surface area contributed by atoms with E-state index in [1.165, 1.54) is 11.5 Å². The predicted molar refractivity (Wildman–Crippen MR) is 97.8 cm³/mol. The van der Waals surface area contributed by atoms with Crippen molar-refractivity contribution < 1.29 is 4.74 Å². The Labute approximate surface area is 145 Å². The van der Waals surface area contributed by atoms with Crippen LogP contribution in [0.3, 0.4) is 0 Å². The molecule has 2 atom stereocenters. The van der Waals surface area contributed by atoms with Gasteiger partial charge in [-0.2, -0.15) is 0 Å². The second-order valence-corrected chi connectivity index (χ2v) is 6.62. The van der Waals surface area contributed by atoms with E-state index >= 15 is 0 Å². The lowest BCUT2D eigenvalue weighted by Crippen LogP contribution is -2.33. The molecular weight excluding hydrogens is 292 g/mol. The molecule has 0 aromatic heterocycles. The lowest BCUT2D eigenvalue weighted by Gasteiger charge is -2.40. The number of hydrogen-bond acceptors (Lipinski definition) is 1. The van der Waals surface area contributed by atoms with Crippen LogP contribution in [0.4, 0.5) is 0 Å². The molecule has 2 unspecified atom stereocenters. The standard InChI is InChI=1S/C23H21O/c1-23(21-14-6-3-7-15-21)17-20(18-10-8-9-11-18)16-22(24-23)19-12-4-2-5-13-19/h2-16,20H,17H2,1H3. The second-order valence-electron chi connectivity index (χ2n) is 6.62. The molecule has 2 aliphatic rings. The molecule has 1 heteroatoms. The van der Waals surface area contributed by atoms with Crippen molar-refractivity contribution in [3.8, 4) is 0 Å². The third-order valence-corrected chi connectivity index (χ3v) is 4.86. The Morgan fingerprint density at radius 3 is 2.17 bits per heavy atom. The molecule has 24 heavy (non-hydrogen) atoms. The fourth-order valence-electron chi connectivity index (χ4n) is 3.55. The first-order valence-electron chi connectivity index (χ1n) is 8.48. The van der Waals surface area contributed by atoms with Gasteiger partial charge in [-0.25, -0.2) is 0 Å². The molecule has 1 saturated carbocycles. The van der Waals surface area contributed by atoms with Crippen molar-refractivity contribution in [1.29, 1.82) is 0 Å². The minimum Gasteiger partial charge on any atom is -0.483 e. The Hall–Kier alpha value is -2.02. The van der Waals surface area contributed by atoms with Crippen LogP contribution in [-0.2, 0) is 10.3 Å². The molecule has 1 heterocycles. The van der Waals surface area contributed by atoms with Gasteiger partial charge in [-0.3, -0.25) is 0 Å². The predicted octanol–water partition coefficient (Wildman–Crippen LogP) is 5.38. The number of allylic oxidation sites excluding steroid dienone is 1. The van der Waals surface area contributed by atoms with Gasteiger partial charge in [0.2, 0.25) is 0 Å².